The Kier molecular flexibility index (Phi) is 3.13. The van der Waals surface area contributed by atoms with E-state index in [1.807, 2.05) is 6.07 Å². The zero-order chi connectivity index (χ0) is 11.4. The first kappa shape index (κ1) is 10.6. The van der Waals surface area contributed by atoms with Gasteiger partial charge in [0.05, 0.1) is 6.20 Å². The van der Waals surface area contributed by atoms with E-state index in [0.717, 1.165) is 0 Å². The van der Waals surface area contributed by atoms with Crippen LogP contribution in [0.2, 0.25) is 0 Å². The fourth-order valence-corrected chi connectivity index (χ4v) is 1.83. The monoisotopic (exact) mass is 233 g/mol. The Labute approximate surface area is 96.2 Å². The molecule has 0 fully saturated rings. The van der Waals surface area contributed by atoms with Crippen molar-refractivity contribution in [1.29, 1.82) is 5.26 Å². The quantitative estimate of drug-likeness (QED) is 0.886. The van der Waals surface area contributed by atoms with Crippen LogP contribution in [0.15, 0.2) is 30.5 Å². The largest absolute Gasteiger partial charge is 0.357 e. The van der Waals surface area contributed by atoms with Crippen molar-refractivity contribution in [2.45, 2.75) is 6.54 Å². The van der Waals surface area contributed by atoms with Gasteiger partial charge in [0.15, 0.2) is 5.13 Å². The van der Waals surface area contributed by atoms with Crippen LogP contribution >= 0.6 is 11.3 Å². The van der Waals surface area contributed by atoms with Crippen molar-refractivity contribution in [2.75, 3.05) is 5.32 Å². The number of benzene rings is 1. The average Bonchev–Trinajstić information content (AvgIpc) is 2.76. The number of nitriles is 1. The van der Waals surface area contributed by atoms with Gasteiger partial charge >= 0.3 is 0 Å². The van der Waals surface area contributed by atoms with Gasteiger partial charge in [-0.05, 0) is 6.07 Å². The molecule has 1 heterocycles. The van der Waals surface area contributed by atoms with Gasteiger partial charge in [-0.2, -0.15) is 5.26 Å². The predicted molar refractivity (Wildman–Crippen MR) is 60.6 cm³/mol. The minimum Gasteiger partial charge on any atom is -0.357 e. The average molecular weight is 233 g/mol. The highest BCUT2D eigenvalue weighted by atomic mass is 32.1. The van der Waals surface area contributed by atoms with Crippen molar-refractivity contribution in [3.8, 4) is 6.07 Å². The highest BCUT2D eigenvalue weighted by molar-refractivity contribution is 7.16. The molecular formula is C11H8FN3S. The van der Waals surface area contributed by atoms with Crippen LogP contribution in [-0.2, 0) is 6.54 Å². The van der Waals surface area contributed by atoms with E-state index < -0.39 is 0 Å². The third-order valence-corrected chi connectivity index (χ3v) is 2.86. The Balaban J connectivity index is 2.03. The van der Waals surface area contributed by atoms with E-state index >= 15 is 0 Å². The Bertz CT molecular complexity index is 530. The number of anilines is 1. The molecule has 3 nitrogen and oxygen atoms in total. The maximum absolute atomic E-state index is 13.3. The molecule has 1 N–H and O–H groups in total. The zero-order valence-electron chi connectivity index (χ0n) is 8.27. The van der Waals surface area contributed by atoms with Gasteiger partial charge in [-0.1, -0.05) is 29.5 Å². The molecule has 5 heteroatoms. The molecule has 16 heavy (non-hydrogen) atoms. The lowest BCUT2D eigenvalue weighted by Gasteiger charge is -2.03. The molecule has 0 aliphatic carbocycles. The highest BCUT2D eigenvalue weighted by Gasteiger charge is 2.03. The van der Waals surface area contributed by atoms with E-state index in [1.54, 1.807) is 18.2 Å². The Morgan fingerprint density at radius 2 is 2.25 bits per heavy atom. The number of nitrogens with one attached hydrogen (secondary N) is 1. The molecule has 0 radical (unpaired) electrons. The number of hydrogen-bond donors (Lipinski definition) is 1. The van der Waals surface area contributed by atoms with Crippen LogP contribution in [-0.4, -0.2) is 4.98 Å². The van der Waals surface area contributed by atoms with Gasteiger partial charge in [-0.15, -0.1) is 0 Å². The third kappa shape index (κ3) is 2.35. The van der Waals surface area contributed by atoms with Crippen molar-refractivity contribution >= 4 is 16.5 Å². The molecule has 0 aliphatic heterocycles. The van der Waals surface area contributed by atoms with E-state index in [4.69, 9.17) is 5.26 Å². The predicted octanol–water partition coefficient (Wildman–Crippen LogP) is 2.77. The van der Waals surface area contributed by atoms with Crippen LogP contribution in [0.25, 0.3) is 0 Å². The number of nitrogens with zero attached hydrogens (tertiary/aromatic N) is 2. The van der Waals surface area contributed by atoms with Gasteiger partial charge < -0.3 is 5.32 Å². The van der Waals surface area contributed by atoms with Crippen molar-refractivity contribution in [3.63, 3.8) is 0 Å². The Morgan fingerprint density at radius 1 is 1.44 bits per heavy atom. The molecule has 1 aromatic carbocycles. The fourth-order valence-electron chi connectivity index (χ4n) is 1.22. The highest BCUT2D eigenvalue weighted by Crippen LogP contribution is 2.18. The van der Waals surface area contributed by atoms with Crippen molar-refractivity contribution in [2.24, 2.45) is 0 Å². The number of rotatable bonds is 3. The maximum Gasteiger partial charge on any atom is 0.184 e. The molecule has 0 saturated heterocycles. The number of hydrogen-bond acceptors (Lipinski definition) is 4. The fraction of sp³-hybridized carbons (Fsp3) is 0.0909. The van der Waals surface area contributed by atoms with Crippen LogP contribution in [0, 0.1) is 17.1 Å². The SMILES string of the molecule is N#Cc1cnc(NCc2ccccc2F)s1. The lowest BCUT2D eigenvalue weighted by molar-refractivity contribution is 0.613. The molecule has 0 unspecified atom stereocenters. The topological polar surface area (TPSA) is 48.7 Å². The maximum atomic E-state index is 13.3. The van der Waals surface area contributed by atoms with Crippen LogP contribution in [0.1, 0.15) is 10.4 Å². The number of thiazole rings is 1. The second kappa shape index (κ2) is 4.73. The first-order valence-corrected chi connectivity index (χ1v) is 5.44. The molecule has 2 aromatic rings. The van der Waals surface area contributed by atoms with Crippen LogP contribution < -0.4 is 5.32 Å². The van der Waals surface area contributed by atoms with Crippen molar-refractivity contribution in [1.82, 2.24) is 4.98 Å². The first-order chi connectivity index (χ1) is 7.79. The molecule has 80 valence electrons. The summed E-state index contributed by atoms with van der Waals surface area (Å²) in [5, 5.41) is 12.2. The summed E-state index contributed by atoms with van der Waals surface area (Å²) in [7, 11) is 0. The molecular weight excluding hydrogens is 225 g/mol. The standard InChI is InChI=1S/C11H8FN3S/c12-10-4-2-1-3-8(10)6-14-11-15-7-9(5-13)16-11/h1-4,7H,6H2,(H,14,15). The van der Waals surface area contributed by atoms with Gasteiger partial charge in [-0.3, -0.25) is 0 Å². The van der Waals surface area contributed by atoms with E-state index in [1.165, 1.54) is 23.6 Å². The molecule has 0 saturated carbocycles. The summed E-state index contributed by atoms with van der Waals surface area (Å²) in [5.41, 5.74) is 0.580. The summed E-state index contributed by atoms with van der Waals surface area (Å²) in [4.78, 5) is 4.53. The van der Waals surface area contributed by atoms with Crippen molar-refractivity contribution < 1.29 is 4.39 Å². The summed E-state index contributed by atoms with van der Waals surface area (Å²) in [6.07, 6.45) is 1.49. The molecule has 0 aliphatic rings. The van der Waals surface area contributed by atoms with E-state index in [9.17, 15) is 4.39 Å². The number of aromatic nitrogens is 1. The lowest BCUT2D eigenvalue weighted by atomic mass is 10.2. The van der Waals surface area contributed by atoms with E-state index in [0.29, 0.717) is 22.1 Å². The summed E-state index contributed by atoms with van der Waals surface area (Å²) >= 11 is 1.25. The second-order valence-electron chi connectivity index (χ2n) is 3.09. The number of halogens is 1. The van der Waals surface area contributed by atoms with Crippen LogP contribution in [0.4, 0.5) is 9.52 Å². The summed E-state index contributed by atoms with van der Waals surface area (Å²) < 4.78 is 13.3. The minimum atomic E-state index is -0.243. The molecule has 2 rings (SSSR count). The normalized spacial score (nSPS) is 9.75. The van der Waals surface area contributed by atoms with Crippen molar-refractivity contribution in [3.05, 3.63) is 46.7 Å². The van der Waals surface area contributed by atoms with Gasteiger partial charge in [0.25, 0.3) is 0 Å². The smallest absolute Gasteiger partial charge is 0.184 e. The first-order valence-electron chi connectivity index (χ1n) is 4.63. The van der Waals surface area contributed by atoms with Gasteiger partial charge in [-0.25, -0.2) is 9.37 Å². The minimum absolute atomic E-state index is 0.243. The Morgan fingerprint density at radius 3 is 2.94 bits per heavy atom. The summed E-state index contributed by atoms with van der Waals surface area (Å²) in [6.45, 7) is 0.366. The Hall–Kier alpha value is -1.93. The molecule has 1 aromatic heterocycles. The molecule has 0 atom stereocenters. The lowest BCUT2D eigenvalue weighted by Crippen LogP contribution is -2.00. The van der Waals surface area contributed by atoms with Crippen LogP contribution in [0.3, 0.4) is 0 Å². The van der Waals surface area contributed by atoms with Gasteiger partial charge in [0.1, 0.15) is 16.8 Å². The third-order valence-electron chi connectivity index (χ3n) is 2.00. The van der Waals surface area contributed by atoms with Gasteiger partial charge in [0.2, 0.25) is 0 Å². The zero-order valence-corrected chi connectivity index (χ0v) is 9.09. The molecule has 0 spiro atoms. The summed E-state index contributed by atoms with van der Waals surface area (Å²) in [6, 6.07) is 8.55. The van der Waals surface area contributed by atoms with Gasteiger partial charge in [0, 0.05) is 12.1 Å². The summed E-state index contributed by atoms with van der Waals surface area (Å²) in [5.74, 6) is -0.243. The molecule has 0 amide bonds. The second-order valence-corrected chi connectivity index (χ2v) is 4.12. The molecule has 0 bridgehead atoms. The van der Waals surface area contributed by atoms with Crippen LogP contribution in [0.5, 0.6) is 0 Å². The van der Waals surface area contributed by atoms with E-state index in [2.05, 4.69) is 10.3 Å². The van der Waals surface area contributed by atoms with E-state index in [-0.39, 0.29) is 5.82 Å².